The van der Waals surface area contributed by atoms with Gasteiger partial charge in [-0.15, -0.1) is 10.2 Å². The predicted octanol–water partition coefficient (Wildman–Crippen LogP) is 3.28. The van der Waals surface area contributed by atoms with Gasteiger partial charge >= 0.3 is 0 Å². The Balaban J connectivity index is 1.53. The molecule has 0 bridgehead atoms. The van der Waals surface area contributed by atoms with Crippen LogP contribution < -0.4 is 9.62 Å². The second kappa shape index (κ2) is 9.16. The Kier molecular flexibility index (Phi) is 6.03. The average Bonchev–Trinajstić information content (AvgIpc) is 3.37. The molecule has 180 valence electrons. The van der Waals surface area contributed by atoms with Gasteiger partial charge in [0.25, 0.3) is 0 Å². The molecule has 11 heteroatoms. The van der Waals surface area contributed by atoms with Crippen LogP contribution in [-0.4, -0.2) is 44.2 Å². The Labute approximate surface area is 204 Å². The summed E-state index contributed by atoms with van der Waals surface area (Å²) < 4.78 is 30.1. The maximum atomic E-state index is 12.7. The molecule has 0 saturated heterocycles. The topological polar surface area (TPSA) is 119 Å². The molecule has 5 rings (SSSR count). The second-order valence-corrected chi connectivity index (χ2v) is 10.3. The van der Waals surface area contributed by atoms with Gasteiger partial charge in [0, 0.05) is 30.5 Å². The summed E-state index contributed by atoms with van der Waals surface area (Å²) in [6.45, 7) is 6.42. The molecule has 10 nitrogen and oxygen atoms in total. The molecule has 1 aliphatic rings. The second-order valence-electron chi connectivity index (χ2n) is 8.56. The van der Waals surface area contributed by atoms with Crippen LogP contribution in [0.3, 0.4) is 0 Å². The van der Waals surface area contributed by atoms with Crippen molar-refractivity contribution in [1.29, 1.82) is 0 Å². The first-order valence-corrected chi connectivity index (χ1v) is 12.9. The number of nitrogens with zero attached hydrogens (tertiary/aromatic N) is 7. The Morgan fingerprint density at radius 2 is 1.91 bits per heavy atom. The molecule has 1 atom stereocenters. The zero-order valence-electron chi connectivity index (χ0n) is 19.7. The molecule has 0 amide bonds. The molecule has 4 aromatic rings. The monoisotopic (exact) mass is 490 g/mol. The zero-order chi connectivity index (χ0) is 24.6. The molecule has 1 N–H and O–H groups in total. The fourth-order valence-electron chi connectivity index (χ4n) is 4.41. The van der Waals surface area contributed by atoms with E-state index in [1.165, 1.54) is 0 Å². The van der Waals surface area contributed by atoms with E-state index in [1.54, 1.807) is 61.3 Å². The smallest absolute Gasteiger partial charge is 0.240 e. The van der Waals surface area contributed by atoms with Gasteiger partial charge in [-0.25, -0.2) is 23.1 Å². The summed E-state index contributed by atoms with van der Waals surface area (Å²) >= 11 is 0. The fraction of sp³-hybridized carbons (Fsp3) is 0.292. The number of fused-ring (bicyclic) bond motifs is 3. The predicted molar refractivity (Wildman–Crippen MR) is 131 cm³/mol. The van der Waals surface area contributed by atoms with Crippen LogP contribution in [0.2, 0.25) is 0 Å². The molecule has 0 fully saturated rings. The quantitative estimate of drug-likeness (QED) is 0.419. The van der Waals surface area contributed by atoms with Crippen molar-refractivity contribution in [3.63, 3.8) is 0 Å². The molecule has 0 saturated carbocycles. The van der Waals surface area contributed by atoms with E-state index in [1.807, 2.05) is 4.57 Å². The molecule has 0 spiro atoms. The summed E-state index contributed by atoms with van der Waals surface area (Å²) in [5, 5.41) is 8.47. The van der Waals surface area contributed by atoms with Crippen LogP contribution in [0.1, 0.15) is 44.6 Å². The fourth-order valence-corrected chi connectivity index (χ4v) is 5.44. The Morgan fingerprint density at radius 1 is 1.11 bits per heavy atom. The highest BCUT2D eigenvalue weighted by Gasteiger charge is 2.35. The summed E-state index contributed by atoms with van der Waals surface area (Å²) in [4.78, 5) is 16.2. The molecule has 1 aromatic carbocycles. The summed E-state index contributed by atoms with van der Waals surface area (Å²) in [6.07, 6.45) is 7.59. The molecule has 3 aromatic heterocycles. The molecular formula is C24H26N8O2S. The van der Waals surface area contributed by atoms with E-state index in [0.29, 0.717) is 17.0 Å². The van der Waals surface area contributed by atoms with Crippen molar-refractivity contribution in [2.75, 3.05) is 4.90 Å². The molecule has 4 heterocycles. The number of pyridine rings is 1. The van der Waals surface area contributed by atoms with Crippen molar-refractivity contribution in [3.8, 4) is 17.1 Å². The zero-order valence-corrected chi connectivity index (χ0v) is 20.5. The lowest BCUT2D eigenvalue weighted by molar-refractivity contribution is 0.497. The Bertz CT molecular complexity index is 1450. The standard InChI is InChI=1S/C24H26N8O2S/c1-4-20-24-30-27-15-31(24)21-14-26-22(29-23(21)32(20)16(2)3)19-10-11-25-12-17(19)13-28-35(33,34)18-8-6-5-7-9-18/h5-12,14-16,20,28H,4,13H2,1-3H3/t20-/m1/s1. The Morgan fingerprint density at radius 3 is 2.66 bits per heavy atom. The van der Waals surface area contributed by atoms with Crippen LogP contribution in [-0.2, 0) is 16.6 Å². The molecule has 0 unspecified atom stereocenters. The molecular weight excluding hydrogens is 464 g/mol. The first kappa shape index (κ1) is 23.1. The minimum atomic E-state index is -3.67. The maximum absolute atomic E-state index is 12.7. The number of hydrogen-bond acceptors (Lipinski definition) is 8. The van der Waals surface area contributed by atoms with Crippen molar-refractivity contribution < 1.29 is 8.42 Å². The summed E-state index contributed by atoms with van der Waals surface area (Å²) in [5.41, 5.74) is 2.20. The third-order valence-corrected chi connectivity index (χ3v) is 7.47. The van der Waals surface area contributed by atoms with Crippen molar-refractivity contribution in [2.24, 2.45) is 0 Å². The SMILES string of the molecule is CC[C@@H]1c2nncn2-c2cnc(-c3ccncc3CNS(=O)(=O)c3ccccc3)nc2N1C(C)C. The van der Waals surface area contributed by atoms with E-state index >= 15 is 0 Å². The summed E-state index contributed by atoms with van der Waals surface area (Å²) in [5.74, 6) is 2.15. The largest absolute Gasteiger partial charge is 0.342 e. The van der Waals surface area contributed by atoms with Gasteiger partial charge in [-0.1, -0.05) is 25.1 Å². The summed E-state index contributed by atoms with van der Waals surface area (Å²) in [6, 6.07) is 10.3. The third kappa shape index (κ3) is 4.17. The lowest BCUT2D eigenvalue weighted by Gasteiger charge is -2.39. The number of nitrogens with one attached hydrogen (secondary N) is 1. The lowest BCUT2D eigenvalue weighted by Crippen LogP contribution is -2.40. The first-order valence-electron chi connectivity index (χ1n) is 11.4. The highest BCUT2D eigenvalue weighted by molar-refractivity contribution is 7.89. The van der Waals surface area contributed by atoms with Crippen molar-refractivity contribution in [2.45, 2.75) is 50.7 Å². The minimum Gasteiger partial charge on any atom is -0.342 e. The van der Waals surface area contributed by atoms with Crippen LogP contribution >= 0.6 is 0 Å². The van der Waals surface area contributed by atoms with Crippen LogP contribution in [0.4, 0.5) is 5.82 Å². The van der Waals surface area contributed by atoms with Gasteiger partial charge in [0.05, 0.1) is 17.1 Å². The van der Waals surface area contributed by atoms with Gasteiger partial charge in [-0.2, -0.15) is 0 Å². The van der Waals surface area contributed by atoms with Crippen molar-refractivity contribution >= 4 is 15.8 Å². The number of anilines is 1. The van der Waals surface area contributed by atoms with Crippen LogP contribution in [0.5, 0.6) is 0 Å². The average molecular weight is 491 g/mol. The minimum absolute atomic E-state index is 0.0299. The van der Waals surface area contributed by atoms with E-state index in [4.69, 9.17) is 4.98 Å². The van der Waals surface area contributed by atoms with E-state index in [9.17, 15) is 8.42 Å². The van der Waals surface area contributed by atoms with E-state index in [2.05, 4.69) is 50.6 Å². The number of sulfonamides is 1. The highest BCUT2D eigenvalue weighted by Crippen LogP contribution is 2.39. The third-order valence-electron chi connectivity index (χ3n) is 6.06. The van der Waals surface area contributed by atoms with Crippen molar-refractivity contribution in [3.05, 3.63) is 72.7 Å². The van der Waals surface area contributed by atoms with Crippen molar-refractivity contribution in [1.82, 2.24) is 34.4 Å². The lowest BCUT2D eigenvalue weighted by atomic mass is 10.1. The Hall–Kier alpha value is -3.70. The number of hydrogen-bond donors (Lipinski definition) is 1. The van der Waals surface area contributed by atoms with Gasteiger partial charge in [0.1, 0.15) is 12.0 Å². The van der Waals surface area contributed by atoms with Crippen LogP contribution in [0.15, 0.2) is 66.2 Å². The summed E-state index contributed by atoms with van der Waals surface area (Å²) in [7, 11) is -3.67. The number of aromatic nitrogens is 6. The highest BCUT2D eigenvalue weighted by atomic mass is 32.2. The van der Waals surface area contributed by atoms with Crippen LogP contribution in [0.25, 0.3) is 17.1 Å². The molecule has 0 aliphatic carbocycles. The van der Waals surface area contributed by atoms with Gasteiger partial charge in [0.2, 0.25) is 10.0 Å². The molecule has 0 radical (unpaired) electrons. The van der Waals surface area contributed by atoms with E-state index in [0.717, 1.165) is 23.8 Å². The maximum Gasteiger partial charge on any atom is 0.240 e. The first-order chi connectivity index (χ1) is 16.9. The molecule has 35 heavy (non-hydrogen) atoms. The van der Waals surface area contributed by atoms with Gasteiger partial charge in [0.15, 0.2) is 17.5 Å². The number of benzene rings is 1. The van der Waals surface area contributed by atoms with E-state index < -0.39 is 10.0 Å². The van der Waals surface area contributed by atoms with E-state index in [-0.39, 0.29) is 23.5 Å². The van der Waals surface area contributed by atoms with Gasteiger partial charge < -0.3 is 4.90 Å². The molecule has 1 aliphatic heterocycles. The van der Waals surface area contributed by atoms with Crippen LogP contribution in [0, 0.1) is 0 Å². The number of rotatable bonds is 7. The van der Waals surface area contributed by atoms with Gasteiger partial charge in [-0.05, 0) is 44.0 Å². The van der Waals surface area contributed by atoms with Gasteiger partial charge in [-0.3, -0.25) is 9.55 Å². The normalized spacial score (nSPS) is 15.2.